The molecule has 0 heterocycles. The summed E-state index contributed by atoms with van der Waals surface area (Å²) < 4.78 is 29.8. The third-order valence-corrected chi connectivity index (χ3v) is 4.94. The number of benzene rings is 2. The molecule has 2 aromatic rings. The summed E-state index contributed by atoms with van der Waals surface area (Å²) in [7, 11) is -3.94. The number of carbonyl (C=O) groups is 1. The number of Topliss-reactive ketones (excluding diaryl/α,β-unsaturated/α-hetero) is 1. The van der Waals surface area contributed by atoms with Gasteiger partial charge in [-0.3, -0.25) is 0 Å². The molecule has 0 amide bonds. The van der Waals surface area contributed by atoms with E-state index in [0.29, 0.717) is 23.4 Å². The minimum atomic E-state index is -3.94. The minimum absolute atomic E-state index is 0.0469. The molecule has 0 aromatic heterocycles. The summed E-state index contributed by atoms with van der Waals surface area (Å²) in [5, 5.41) is 0.331. The van der Waals surface area contributed by atoms with Crippen LogP contribution in [0.15, 0.2) is 47.4 Å². The molecular formula is C17H17ClO4S. The lowest BCUT2D eigenvalue weighted by atomic mass is 10.1. The van der Waals surface area contributed by atoms with Crippen LogP contribution in [0.4, 0.5) is 0 Å². The van der Waals surface area contributed by atoms with Gasteiger partial charge in [0, 0.05) is 11.4 Å². The van der Waals surface area contributed by atoms with Crippen LogP contribution in [0.1, 0.15) is 24.5 Å². The van der Waals surface area contributed by atoms with Gasteiger partial charge in [-0.2, -0.15) is 8.42 Å². The van der Waals surface area contributed by atoms with Crippen molar-refractivity contribution in [1.29, 1.82) is 0 Å². The van der Waals surface area contributed by atoms with Crippen LogP contribution in [0, 0.1) is 6.92 Å². The fourth-order valence-electron chi connectivity index (χ4n) is 2.05. The molecule has 0 bridgehead atoms. The zero-order valence-electron chi connectivity index (χ0n) is 12.9. The van der Waals surface area contributed by atoms with E-state index in [1.807, 2.05) is 0 Å². The average molecular weight is 353 g/mol. The van der Waals surface area contributed by atoms with Crippen molar-refractivity contribution in [3.63, 3.8) is 0 Å². The van der Waals surface area contributed by atoms with Crippen molar-refractivity contribution >= 4 is 27.5 Å². The highest BCUT2D eigenvalue weighted by Gasteiger charge is 2.19. The summed E-state index contributed by atoms with van der Waals surface area (Å²) in [5.41, 5.74) is 1.51. The molecule has 2 aromatic carbocycles. The Morgan fingerprint density at radius 3 is 2.39 bits per heavy atom. The number of ketones is 1. The summed E-state index contributed by atoms with van der Waals surface area (Å²) in [6, 6.07) is 11.3. The second-order valence-corrected chi connectivity index (χ2v) is 7.24. The van der Waals surface area contributed by atoms with Gasteiger partial charge in [0.2, 0.25) is 0 Å². The van der Waals surface area contributed by atoms with Crippen LogP contribution in [-0.4, -0.2) is 14.2 Å². The molecule has 0 aliphatic rings. The van der Waals surface area contributed by atoms with Crippen molar-refractivity contribution in [3.05, 3.63) is 58.6 Å². The maximum atomic E-state index is 12.3. The molecule has 0 spiro atoms. The van der Waals surface area contributed by atoms with E-state index in [9.17, 15) is 13.2 Å². The van der Waals surface area contributed by atoms with Gasteiger partial charge >= 0.3 is 10.1 Å². The topological polar surface area (TPSA) is 60.4 Å². The number of hydrogen-bond donors (Lipinski definition) is 0. The lowest BCUT2D eigenvalue weighted by Gasteiger charge is -2.10. The fraction of sp³-hybridized carbons (Fsp3) is 0.235. The maximum absolute atomic E-state index is 12.3. The third kappa shape index (κ3) is 4.81. The van der Waals surface area contributed by atoms with E-state index in [4.69, 9.17) is 15.8 Å². The van der Waals surface area contributed by atoms with Crippen LogP contribution in [0.25, 0.3) is 0 Å². The van der Waals surface area contributed by atoms with Gasteiger partial charge in [0.15, 0.2) is 0 Å². The van der Waals surface area contributed by atoms with Gasteiger partial charge < -0.3 is 8.98 Å². The first-order valence-corrected chi connectivity index (χ1v) is 8.85. The Morgan fingerprint density at radius 1 is 1.13 bits per heavy atom. The monoisotopic (exact) mass is 352 g/mol. The van der Waals surface area contributed by atoms with Crippen molar-refractivity contribution in [1.82, 2.24) is 0 Å². The number of carbonyl (C=O) groups excluding carboxylic acids is 1. The molecule has 122 valence electrons. The Morgan fingerprint density at radius 2 is 1.78 bits per heavy atom. The van der Waals surface area contributed by atoms with E-state index in [1.165, 1.54) is 13.0 Å². The summed E-state index contributed by atoms with van der Waals surface area (Å²) in [6.07, 6.45) is 1.08. The molecule has 4 nitrogen and oxygen atoms in total. The molecule has 0 aliphatic carbocycles. The van der Waals surface area contributed by atoms with E-state index in [1.54, 1.807) is 43.3 Å². The van der Waals surface area contributed by atoms with E-state index in [0.717, 1.165) is 5.56 Å². The highest BCUT2D eigenvalue weighted by Crippen LogP contribution is 2.24. The zero-order chi connectivity index (χ0) is 17.0. The quantitative estimate of drug-likeness (QED) is 0.739. The van der Waals surface area contributed by atoms with Crippen LogP contribution in [-0.2, 0) is 21.3 Å². The van der Waals surface area contributed by atoms with Gasteiger partial charge in [-0.25, -0.2) is 0 Å². The SMILES string of the molecule is CC(=O)CCc1ccc(OS(=O)(=O)c2cc(Cl)ccc2C)cc1. The standard InChI is InChI=1S/C17H17ClO4S/c1-12-3-8-15(18)11-17(12)23(20,21)22-16-9-6-14(7-10-16)5-4-13(2)19/h3,6-11H,4-5H2,1-2H3. The van der Waals surface area contributed by atoms with E-state index in [2.05, 4.69) is 0 Å². The number of halogens is 1. The highest BCUT2D eigenvalue weighted by molar-refractivity contribution is 7.87. The smallest absolute Gasteiger partial charge is 0.339 e. The first-order valence-electron chi connectivity index (χ1n) is 7.07. The second kappa shape index (κ2) is 7.15. The molecule has 2 rings (SSSR count). The summed E-state index contributed by atoms with van der Waals surface area (Å²) in [6.45, 7) is 3.22. The molecule has 0 N–H and O–H groups in total. The third-order valence-electron chi connectivity index (χ3n) is 3.31. The van der Waals surface area contributed by atoms with Gasteiger partial charge in [-0.1, -0.05) is 29.8 Å². The van der Waals surface area contributed by atoms with Crippen molar-refractivity contribution < 1.29 is 17.4 Å². The Labute approximate surface area is 141 Å². The molecule has 0 fully saturated rings. The largest absolute Gasteiger partial charge is 0.379 e. The Kier molecular flexibility index (Phi) is 5.44. The van der Waals surface area contributed by atoms with E-state index >= 15 is 0 Å². The van der Waals surface area contributed by atoms with Crippen LogP contribution in [0.3, 0.4) is 0 Å². The normalized spacial score (nSPS) is 11.3. The Bertz CT molecular complexity index is 811. The summed E-state index contributed by atoms with van der Waals surface area (Å²) in [4.78, 5) is 11.0. The van der Waals surface area contributed by atoms with Crippen LogP contribution in [0.2, 0.25) is 5.02 Å². The van der Waals surface area contributed by atoms with E-state index in [-0.39, 0.29) is 16.4 Å². The van der Waals surface area contributed by atoms with Crippen molar-refractivity contribution in [2.45, 2.75) is 31.6 Å². The van der Waals surface area contributed by atoms with Crippen LogP contribution >= 0.6 is 11.6 Å². The fourth-order valence-corrected chi connectivity index (χ4v) is 3.47. The van der Waals surface area contributed by atoms with Gasteiger partial charge in [0.1, 0.15) is 16.4 Å². The van der Waals surface area contributed by atoms with Gasteiger partial charge in [-0.15, -0.1) is 0 Å². The first-order chi connectivity index (χ1) is 10.8. The lowest BCUT2D eigenvalue weighted by Crippen LogP contribution is -2.11. The molecule has 0 aliphatic heterocycles. The second-order valence-electron chi connectivity index (χ2n) is 5.29. The van der Waals surface area contributed by atoms with Crippen LogP contribution < -0.4 is 4.18 Å². The molecule has 6 heteroatoms. The lowest BCUT2D eigenvalue weighted by molar-refractivity contribution is -0.116. The van der Waals surface area contributed by atoms with Crippen molar-refractivity contribution in [3.8, 4) is 5.75 Å². The van der Waals surface area contributed by atoms with E-state index < -0.39 is 10.1 Å². The summed E-state index contributed by atoms with van der Waals surface area (Å²) >= 11 is 5.86. The van der Waals surface area contributed by atoms with Gasteiger partial charge in [0.25, 0.3) is 0 Å². The predicted octanol–water partition coefficient (Wildman–Crippen LogP) is 3.94. The summed E-state index contributed by atoms with van der Waals surface area (Å²) in [5.74, 6) is 0.334. The Balaban J connectivity index is 2.17. The van der Waals surface area contributed by atoms with Gasteiger partial charge in [-0.05, 0) is 55.7 Å². The van der Waals surface area contributed by atoms with Crippen LogP contribution in [0.5, 0.6) is 5.75 Å². The molecule has 0 radical (unpaired) electrons. The molecule has 0 saturated heterocycles. The minimum Gasteiger partial charge on any atom is -0.379 e. The molecule has 0 saturated carbocycles. The highest BCUT2D eigenvalue weighted by atomic mass is 35.5. The Hall–Kier alpha value is -1.85. The zero-order valence-corrected chi connectivity index (χ0v) is 14.4. The number of aryl methyl sites for hydroxylation is 2. The molecule has 0 atom stereocenters. The number of hydrogen-bond acceptors (Lipinski definition) is 4. The molecule has 0 unspecified atom stereocenters. The number of rotatable bonds is 6. The van der Waals surface area contributed by atoms with Crippen molar-refractivity contribution in [2.24, 2.45) is 0 Å². The van der Waals surface area contributed by atoms with Gasteiger partial charge in [0.05, 0.1) is 0 Å². The first kappa shape index (κ1) is 17.5. The average Bonchev–Trinajstić information content (AvgIpc) is 2.48. The molecular weight excluding hydrogens is 336 g/mol. The predicted molar refractivity (Wildman–Crippen MR) is 89.4 cm³/mol. The van der Waals surface area contributed by atoms with Crippen molar-refractivity contribution in [2.75, 3.05) is 0 Å². The molecule has 23 heavy (non-hydrogen) atoms. The maximum Gasteiger partial charge on any atom is 0.339 e.